The number of rotatable bonds is 3. The number of H-pyrrole nitrogens is 1. The number of hydrogen-bond acceptors (Lipinski definition) is 4. The molecule has 1 heterocycles. The maximum absolute atomic E-state index is 14.1. The summed E-state index contributed by atoms with van der Waals surface area (Å²) in [5.74, 6) is 0.537. The van der Waals surface area contributed by atoms with E-state index in [1.54, 1.807) is 23.8 Å². The smallest absolute Gasteiger partial charge is 0.340 e. The van der Waals surface area contributed by atoms with Gasteiger partial charge in [-0.15, -0.1) is 0 Å². The van der Waals surface area contributed by atoms with Gasteiger partial charge in [0, 0.05) is 21.7 Å². The van der Waals surface area contributed by atoms with Crippen LogP contribution < -0.4 is 5.43 Å². The summed E-state index contributed by atoms with van der Waals surface area (Å²) in [6.07, 6.45) is 11.2. The Morgan fingerprint density at radius 1 is 0.843 bits per heavy atom. The molecule has 8 rings (SSSR count). The largest absolute Gasteiger partial charge is 0.481 e. The summed E-state index contributed by atoms with van der Waals surface area (Å²) in [5, 5.41) is 11.4. The number of allylic oxidation sites excluding steroid dienone is 2. The van der Waals surface area contributed by atoms with E-state index in [2.05, 4.69) is 59.5 Å². The van der Waals surface area contributed by atoms with Crippen LogP contribution in [0.15, 0.2) is 58.9 Å². The van der Waals surface area contributed by atoms with Gasteiger partial charge in [-0.2, -0.15) is 0 Å². The van der Waals surface area contributed by atoms with E-state index in [9.17, 15) is 19.5 Å². The molecular formula is C45H57NO5. The Labute approximate surface area is 302 Å². The van der Waals surface area contributed by atoms with Crippen LogP contribution in [0.25, 0.3) is 21.8 Å². The van der Waals surface area contributed by atoms with E-state index in [0.29, 0.717) is 51.0 Å². The molecule has 0 spiro atoms. The molecule has 0 radical (unpaired) electrons. The van der Waals surface area contributed by atoms with Gasteiger partial charge in [-0.05, 0) is 134 Å². The molecule has 6 heteroatoms. The van der Waals surface area contributed by atoms with Crippen LogP contribution >= 0.6 is 0 Å². The number of ether oxygens (including phenoxy) is 1. The van der Waals surface area contributed by atoms with Gasteiger partial charge < -0.3 is 14.8 Å². The van der Waals surface area contributed by atoms with Gasteiger partial charge in [0.25, 0.3) is 0 Å². The number of benzene rings is 2. The predicted octanol–water partition coefficient (Wildman–Crippen LogP) is 10.3. The molecule has 2 N–H and O–H groups in total. The minimum Gasteiger partial charge on any atom is -0.481 e. The van der Waals surface area contributed by atoms with Crippen molar-refractivity contribution in [3.05, 3.63) is 69.9 Å². The number of para-hydroxylation sites is 2. The molecule has 4 saturated carbocycles. The lowest BCUT2D eigenvalue weighted by atomic mass is 9.32. The number of nitrogens with one attached hydrogen (secondary N) is 1. The van der Waals surface area contributed by atoms with Gasteiger partial charge in [-0.3, -0.25) is 9.59 Å². The molecule has 1 unspecified atom stereocenters. The number of aromatic nitrogens is 1. The van der Waals surface area contributed by atoms with Crippen molar-refractivity contribution in [2.24, 2.45) is 56.2 Å². The van der Waals surface area contributed by atoms with Crippen LogP contribution in [0.5, 0.6) is 0 Å². The standard InChI is InChI=1S/C45H57NO5/c1-26-24-30-31-25-42(5,39(49)50)21-20-41(31,4)22-23-44(30,7)45(8)19-16-33-40(2,3)34(17-18-43(33,6)37(26)45)51-38(48)29-14-11-13-28-35(29)46-32-15-10-9-12-27(32)36(28)47/h9-15,24,26,31,33-34,37H,16-23,25H2,1-8H3,(H,46,47)(H,49,50)/t26-,31-,33-,34-,37+,41+,42?,43-,44-,45+/m0/s1. The van der Waals surface area contributed by atoms with Crippen molar-refractivity contribution in [2.75, 3.05) is 0 Å². The number of carbonyl (C=O) groups is 2. The van der Waals surface area contributed by atoms with Crippen LogP contribution in [0.3, 0.4) is 0 Å². The highest BCUT2D eigenvalue weighted by Crippen LogP contribution is 2.76. The predicted molar refractivity (Wildman–Crippen MR) is 202 cm³/mol. The first kappa shape index (κ1) is 34.7. The van der Waals surface area contributed by atoms with Gasteiger partial charge in [0.2, 0.25) is 0 Å². The SMILES string of the molecule is C[C@H]1C=C2[C@@H]3CC(C)(C(=O)O)CC[C@]3(C)CC[C@]2(C)[C@]2(C)CC[C@H]3C(C)(C)[C@@H](OC(=O)c4cccc5c(=O)c6ccccc6[nH]c45)CC[C@]3(C)[C@@H]12. The van der Waals surface area contributed by atoms with Gasteiger partial charge in [0.05, 0.1) is 16.5 Å². The topological polar surface area (TPSA) is 96.5 Å². The van der Waals surface area contributed by atoms with Crippen LogP contribution in [0.1, 0.15) is 124 Å². The molecule has 6 nitrogen and oxygen atoms in total. The first-order chi connectivity index (χ1) is 23.9. The van der Waals surface area contributed by atoms with Crippen LogP contribution in [-0.4, -0.2) is 28.1 Å². The number of aromatic amines is 1. The molecule has 0 aliphatic heterocycles. The normalized spacial score (nSPS) is 41.4. The second-order valence-electron chi connectivity index (χ2n) is 19.6. The molecule has 272 valence electrons. The quantitative estimate of drug-likeness (QED) is 0.162. The maximum atomic E-state index is 14.1. The number of aliphatic carboxylic acids is 1. The van der Waals surface area contributed by atoms with Crippen molar-refractivity contribution in [3.8, 4) is 0 Å². The second-order valence-corrected chi connectivity index (χ2v) is 19.6. The fourth-order valence-electron chi connectivity index (χ4n) is 13.7. The Morgan fingerprint density at radius 3 is 2.29 bits per heavy atom. The summed E-state index contributed by atoms with van der Waals surface area (Å²) in [7, 11) is 0. The molecule has 5 aliphatic carbocycles. The zero-order chi connectivity index (χ0) is 36.5. The molecule has 0 saturated heterocycles. The van der Waals surface area contributed by atoms with E-state index in [4.69, 9.17) is 4.74 Å². The van der Waals surface area contributed by atoms with Gasteiger partial charge in [0.15, 0.2) is 5.43 Å². The lowest BCUT2D eigenvalue weighted by Crippen LogP contribution is -2.66. The van der Waals surface area contributed by atoms with E-state index in [0.717, 1.165) is 51.4 Å². The fraction of sp³-hybridized carbons (Fsp3) is 0.622. The van der Waals surface area contributed by atoms with E-state index in [-0.39, 0.29) is 44.6 Å². The third-order valence-corrected chi connectivity index (χ3v) is 16.7. The second kappa shape index (κ2) is 11.1. The zero-order valence-corrected chi connectivity index (χ0v) is 31.9. The van der Waals surface area contributed by atoms with Crippen molar-refractivity contribution in [2.45, 2.75) is 119 Å². The molecule has 4 fully saturated rings. The zero-order valence-electron chi connectivity index (χ0n) is 31.9. The average Bonchev–Trinajstić information content (AvgIpc) is 3.07. The lowest BCUT2D eigenvalue weighted by Gasteiger charge is -2.72. The number of fused-ring (bicyclic) bond motifs is 9. The van der Waals surface area contributed by atoms with E-state index >= 15 is 0 Å². The van der Waals surface area contributed by atoms with Crippen LogP contribution in [-0.2, 0) is 9.53 Å². The Balaban J connectivity index is 1.11. The Morgan fingerprint density at radius 2 is 1.55 bits per heavy atom. The molecule has 5 aliphatic rings. The molecule has 1 aromatic heterocycles. The summed E-state index contributed by atoms with van der Waals surface area (Å²) in [4.78, 5) is 43.3. The third kappa shape index (κ3) is 4.62. The Hall–Kier alpha value is -3.41. The summed E-state index contributed by atoms with van der Waals surface area (Å²) in [6, 6.07) is 12.8. The summed E-state index contributed by atoms with van der Waals surface area (Å²) < 4.78 is 6.53. The highest BCUT2D eigenvalue weighted by molar-refractivity contribution is 6.05. The van der Waals surface area contributed by atoms with Crippen molar-refractivity contribution < 1.29 is 19.4 Å². The van der Waals surface area contributed by atoms with Gasteiger partial charge >= 0.3 is 11.9 Å². The van der Waals surface area contributed by atoms with Crippen LogP contribution in [0.4, 0.5) is 0 Å². The molecule has 0 amide bonds. The molecule has 51 heavy (non-hydrogen) atoms. The minimum atomic E-state index is -0.664. The van der Waals surface area contributed by atoms with Crippen molar-refractivity contribution in [1.29, 1.82) is 0 Å². The first-order valence-corrected chi connectivity index (χ1v) is 19.6. The molecule has 3 aromatic rings. The summed E-state index contributed by atoms with van der Waals surface area (Å²) >= 11 is 0. The molecular weight excluding hydrogens is 634 g/mol. The number of carboxylic acids is 1. The first-order valence-electron chi connectivity index (χ1n) is 19.6. The monoisotopic (exact) mass is 691 g/mol. The lowest BCUT2D eigenvalue weighted by molar-refractivity contribution is -0.214. The minimum absolute atomic E-state index is 0.0298. The number of carbonyl (C=O) groups excluding carboxylic acids is 1. The average molecular weight is 692 g/mol. The van der Waals surface area contributed by atoms with E-state index < -0.39 is 11.4 Å². The van der Waals surface area contributed by atoms with Gasteiger partial charge in [-0.1, -0.05) is 78.3 Å². The van der Waals surface area contributed by atoms with Crippen molar-refractivity contribution in [1.82, 2.24) is 4.98 Å². The molecule has 0 bridgehead atoms. The van der Waals surface area contributed by atoms with Crippen molar-refractivity contribution in [3.63, 3.8) is 0 Å². The molecule has 2 aromatic carbocycles. The maximum Gasteiger partial charge on any atom is 0.340 e. The number of pyridine rings is 1. The summed E-state index contributed by atoms with van der Waals surface area (Å²) in [6.45, 7) is 19.2. The fourth-order valence-corrected chi connectivity index (χ4v) is 13.7. The van der Waals surface area contributed by atoms with Gasteiger partial charge in [-0.25, -0.2) is 4.79 Å². The van der Waals surface area contributed by atoms with Crippen molar-refractivity contribution >= 4 is 33.7 Å². The third-order valence-electron chi connectivity index (χ3n) is 16.7. The Bertz CT molecular complexity index is 2060. The van der Waals surface area contributed by atoms with E-state index in [1.807, 2.05) is 31.2 Å². The Kier molecular flexibility index (Phi) is 7.51. The number of carboxylic acid groups (broad SMARTS) is 1. The highest BCUT2D eigenvalue weighted by Gasteiger charge is 2.69. The highest BCUT2D eigenvalue weighted by atomic mass is 16.5. The van der Waals surface area contributed by atoms with E-state index in [1.165, 1.54) is 6.42 Å². The summed E-state index contributed by atoms with van der Waals surface area (Å²) in [5.41, 5.74) is 2.60. The van der Waals surface area contributed by atoms with Crippen LogP contribution in [0.2, 0.25) is 0 Å². The number of esters is 1. The van der Waals surface area contributed by atoms with Crippen LogP contribution in [0, 0.1) is 56.2 Å². The number of hydrogen-bond donors (Lipinski definition) is 2. The van der Waals surface area contributed by atoms with Gasteiger partial charge in [0.1, 0.15) is 6.10 Å². The molecule has 10 atom stereocenters.